The number of halogens is 1. The van der Waals surface area contributed by atoms with E-state index in [4.69, 9.17) is 0 Å². The standard InChI is InChI=1S/C15H17FN4O/c1-3-7-18-14-13(16)12(6-10-19-14)15(21)20(2)11-4-8-17-9-5-11/h4-6,8-10H,3,7H2,1-2H3,(H,18,19). The first-order valence-corrected chi connectivity index (χ1v) is 6.71. The molecule has 0 aliphatic heterocycles. The van der Waals surface area contributed by atoms with Gasteiger partial charge in [-0.15, -0.1) is 0 Å². The molecule has 2 heterocycles. The summed E-state index contributed by atoms with van der Waals surface area (Å²) in [7, 11) is 1.59. The number of amides is 1. The minimum absolute atomic E-state index is 0.0112. The molecule has 5 nitrogen and oxygen atoms in total. The summed E-state index contributed by atoms with van der Waals surface area (Å²) in [6.07, 6.45) is 5.43. The molecule has 1 amide bonds. The normalized spacial score (nSPS) is 10.2. The lowest BCUT2D eigenvalue weighted by atomic mass is 10.2. The molecule has 0 atom stereocenters. The number of hydrogen-bond donors (Lipinski definition) is 1. The third kappa shape index (κ3) is 3.34. The van der Waals surface area contributed by atoms with E-state index in [1.807, 2.05) is 6.92 Å². The van der Waals surface area contributed by atoms with Gasteiger partial charge in [0.25, 0.3) is 5.91 Å². The fourth-order valence-corrected chi connectivity index (χ4v) is 1.84. The van der Waals surface area contributed by atoms with Gasteiger partial charge in [0, 0.05) is 37.9 Å². The number of rotatable bonds is 5. The summed E-state index contributed by atoms with van der Waals surface area (Å²) in [6.45, 7) is 2.57. The molecule has 0 aliphatic rings. The van der Waals surface area contributed by atoms with Crippen LogP contribution in [0.15, 0.2) is 36.8 Å². The van der Waals surface area contributed by atoms with Crippen molar-refractivity contribution < 1.29 is 9.18 Å². The molecular weight excluding hydrogens is 271 g/mol. The van der Waals surface area contributed by atoms with Crippen molar-refractivity contribution in [3.8, 4) is 0 Å². The van der Waals surface area contributed by atoms with E-state index in [0.29, 0.717) is 12.2 Å². The van der Waals surface area contributed by atoms with Gasteiger partial charge in [0.2, 0.25) is 0 Å². The van der Waals surface area contributed by atoms with Crippen molar-refractivity contribution in [2.75, 3.05) is 23.8 Å². The van der Waals surface area contributed by atoms with Crippen LogP contribution < -0.4 is 10.2 Å². The number of nitrogens with zero attached hydrogens (tertiary/aromatic N) is 3. The van der Waals surface area contributed by atoms with Gasteiger partial charge in [-0.25, -0.2) is 9.37 Å². The maximum atomic E-state index is 14.3. The molecule has 0 aliphatic carbocycles. The van der Waals surface area contributed by atoms with Gasteiger partial charge in [-0.2, -0.15) is 0 Å². The summed E-state index contributed by atoms with van der Waals surface area (Å²) in [4.78, 5) is 21.6. The van der Waals surface area contributed by atoms with Crippen molar-refractivity contribution in [2.45, 2.75) is 13.3 Å². The molecule has 1 N–H and O–H groups in total. The molecule has 2 rings (SSSR count). The zero-order valence-corrected chi connectivity index (χ0v) is 12.0. The first-order chi connectivity index (χ1) is 10.1. The lowest BCUT2D eigenvalue weighted by Crippen LogP contribution is -2.27. The Balaban J connectivity index is 2.27. The Labute approximate surface area is 122 Å². The zero-order valence-electron chi connectivity index (χ0n) is 12.0. The van der Waals surface area contributed by atoms with Crippen LogP contribution in [0.4, 0.5) is 15.9 Å². The fraction of sp³-hybridized carbons (Fsp3) is 0.267. The van der Waals surface area contributed by atoms with E-state index in [1.165, 1.54) is 17.2 Å². The first-order valence-electron chi connectivity index (χ1n) is 6.71. The van der Waals surface area contributed by atoms with Crippen LogP contribution in [0.5, 0.6) is 0 Å². The first kappa shape index (κ1) is 14.9. The molecule has 2 aromatic rings. The SMILES string of the molecule is CCCNc1nccc(C(=O)N(C)c2ccncc2)c1F. The molecule has 0 unspecified atom stereocenters. The third-order valence-electron chi connectivity index (χ3n) is 3.02. The van der Waals surface area contributed by atoms with E-state index < -0.39 is 11.7 Å². The molecule has 110 valence electrons. The Hall–Kier alpha value is -2.50. The van der Waals surface area contributed by atoms with Crippen molar-refractivity contribution >= 4 is 17.4 Å². The van der Waals surface area contributed by atoms with Crippen molar-refractivity contribution in [3.63, 3.8) is 0 Å². The fourth-order valence-electron chi connectivity index (χ4n) is 1.84. The molecule has 0 fully saturated rings. The van der Waals surface area contributed by atoms with E-state index in [2.05, 4.69) is 15.3 Å². The topological polar surface area (TPSA) is 58.1 Å². The van der Waals surface area contributed by atoms with E-state index in [1.54, 1.807) is 31.6 Å². The number of hydrogen-bond acceptors (Lipinski definition) is 4. The van der Waals surface area contributed by atoms with Gasteiger partial charge in [-0.05, 0) is 24.6 Å². The van der Waals surface area contributed by atoms with Crippen molar-refractivity contribution in [3.05, 3.63) is 48.2 Å². The van der Waals surface area contributed by atoms with Gasteiger partial charge in [-0.3, -0.25) is 9.78 Å². The number of aromatic nitrogens is 2. The summed E-state index contributed by atoms with van der Waals surface area (Å²) < 4.78 is 14.3. The molecule has 0 aromatic carbocycles. The smallest absolute Gasteiger partial charge is 0.261 e. The molecule has 21 heavy (non-hydrogen) atoms. The highest BCUT2D eigenvalue weighted by atomic mass is 19.1. The molecule has 0 saturated heterocycles. The largest absolute Gasteiger partial charge is 0.368 e. The van der Waals surface area contributed by atoms with Gasteiger partial charge in [0.15, 0.2) is 11.6 Å². The van der Waals surface area contributed by atoms with E-state index in [9.17, 15) is 9.18 Å². The van der Waals surface area contributed by atoms with Crippen LogP contribution in [0.3, 0.4) is 0 Å². The predicted octanol–water partition coefficient (Wildman–Crippen LogP) is 2.71. The van der Waals surface area contributed by atoms with E-state index in [0.717, 1.165) is 6.42 Å². The average Bonchev–Trinajstić information content (AvgIpc) is 2.53. The second-order valence-electron chi connectivity index (χ2n) is 4.52. The van der Waals surface area contributed by atoms with Crippen LogP contribution in [0, 0.1) is 5.82 Å². The molecule has 0 radical (unpaired) electrons. The summed E-state index contributed by atoms with van der Waals surface area (Å²) in [5.74, 6) is -0.955. The van der Waals surface area contributed by atoms with Crippen LogP contribution >= 0.6 is 0 Å². The number of pyridine rings is 2. The molecule has 6 heteroatoms. The lowest BCUT2D eigenvalue weighted by Gasteiger charge is -2.18. The van der Waals surface area contributed by atoms with Gasteiger partial charge < -0.3 is 10.2 Å². The van der Waals surface area contributed by atoms with Crippen molar-refractivity contribution in [1.82, 2.24) is 9.97 Å². The van der Waals surface area contributed by atoms with Gasteiger partial charge >= 0.3 is 0 Å². The highest BCUT2D eigenvalue weighted by molar-refractivity contribution is 6.06. The van der Waals surface area contributed by atoms with Crippen LogP contribution in [-0.2, 0) is 0 Å². The lowest BCUT2D eigenvalue weighted by molar-refractivity contribution is 0.0989. The summed E-state index contributed by atoms with van der Waals surface area (Å²) in [5.41, 5.74) is 0.636. The highest BCUT2D eigenvalue weighted by Crippen LogP contribution is 2.19. The Morgan fingerprint density at radius 3 is 2.67 bits per heavy atom. The van der Waals surface area contributed by atoms with Crippen LogP contribution in [0.1, 0.15) is 23.7 Å². The van der Waals surface area contributed by atoms with Crippen molar-refractivity contribution in [2.24, 2.45) is 0 Å². The quantitative estimate of drug-likeness (QED) is 0.919. The molecule has 0 bridgehead atoms. The second-order valence-corrected chi connectivity index (χ2v) is 4.52. The Morgan fingerprint density at radius 2 is 2.00 bits per heavy atom. The van der Waals surface area contributed by atoms with Crippen LogP contribution in [-0.4, -0.2) is 29.5 Å². The average molecular weight is 288 g/mol. The van der Waals surface area contributed by atoms with E-state index in [-0.39, 0.29) is 11.4 Å². The van der Waals surface area contributed by atoms with Crippen LogP contribution in [0.25, 0.3) is 0 Å². The van der Waals surface area contributed by atoms with Gasteiger partial charge in [-0.1, -0.05) is 6.92 Å². The van der Waals surface area contributed by atoms with Crippen LogP contribution in [0.2, 0.25) is 0 Å². The maximum absolute atomic E-state index is 14.3. The molecule has 0 spiro atoms. The Kier molecular flexibility index (Phi) is 4.81. The zero-order chi connectivity index (χ0) is 15.2. The highest BCUT2D eigenvalue weighted by Gasteiger charge is 2.20. The minimum Gasteiger partial charge on any atom is -0.368 e. The number of carbonyl (C=O) groups is 1. The monoisotopic (exact) mass is 288 g/mol. The number of nitrogens with one attached hydrogen (secondary N) is 1. The van der Waals surface area contributed by atoms with Crippen molar-refractivity contribution in [1.29, 1.82) is 0 Å². The molecule has 2 aromatic heterocycles. The summed E-state index contributed by atoms with van der Waals surface area (Å²) in [5, 5.41) is 2.87. The second kappa shape index (κ2) is 6.78. The predicted molar refractivity (Wildman–Crippen MR) is 79.9 cm³/mol. The Morgan fingerprint density at radius 1 is 1.29 bits per heavy atom. The van der Waals surface area contributed by atoms with Gasteiger partial charge in [0.1, 0.15) is 0 Å². The molecular formula is C15H17FN4O. The summed E-state index contributed by atoms with van der Waals surface area (Å²) in [6, 6.07) is 4.76. The molecule has 0 saturated carbocycles. The minimum atomic E-state index is -0.628. The Bertz CT molecular complexity index is 618. The van der Waals surface area contributed by atoms with E-state index >= 15 is 0 Å². The number of anilines is 2. The third-order valence-corrected chi connectivity index (χ3v) is 3.02. The number of carbonyl (C=O) groups excluding carboxylic acids is 1. The van der Waals surface area contributed by atoms with Gasteiger partial charge in [0.05, 0.1) is 5.56 Å². The summed E-state index contributed by atoms with van der Waals surface area (Å²) >= 11 is 0. The maximum Gasteiger partial charge on any atom is 0.261 e.